The molecule has 0 N–H and O–H groups in total. The molecule has 1 saturated carbocycles. The average Bonchev–Trinajstić information content (AvgIpc) is 2.77. The molecule has 0 saturated heterocycles. The molecule has 0 aliphatic heterocycles. The number of carbonyl (C=O) groups excluding carboxylic acids is 3. The van der Waals surface area contributed by atoms with Gasteiger partial charge in [0, 0.05) is 6.08 Å². The lowest BCUT2D eigenvalue weighted by Crippen LogP contribution is -2.48. The van der Waals surface area contributed by atoms with Crippen molar-refractivity contribution in [1.29, 1.82) is 0 Å². The second kappa shape index (κ2) is 15.9. The van der Waals surface area contributed by atoms with Crippen molar-refractivity contribution in [2.24, 2.45) is 11.8 Å². The van der Waals surface area contributed by atoms with Gasteiger partial charge in [-0.25, -0.2) is 9.59 Å². The fourth-order valence-corrected chi connectivity index (χ4v) is 3.95. The topological polar surface area (TPSA) is 78.9 Å². The Bertz CT molecular complexity index is 575. The molecule has 0 aromatic carbocycles. The Balaban J connectivity index is 2.46. The summed E-state index contributed by atoms with van der Waals surface area (Å²) in [5.74, 6) is -1.20. The predicted octanol–water partition coefficient (Wildman–Crippen LogP) is 5.92. The standard InChI is InChI=1S/C26H44O6/c1-5-7-8-9-10-11-12-13-19-31-25(29)26(32-23(27)6-2)17-14-22(15-18-26)24(28)30-20-16-21(3)4/h6,21-22H,2,5,7-20H2,1,3-4H3. The third kappa shape index (κ3) is 10.6. The molecule has 0 amide bonds. The molecular formula is C26H44O6. The summed E-state index contributed by atoms with van der Waals surface area (Å²) in [6.45, 7) is 10.5. The molecule has 1 aliphatic carbocycles. The number of hydrogen-bond acceptors (Lipinski definition) is 6. The first kappa shape index (κ1) is 28.2. The van der Waals surface area contributed by atoms with E-state index in [2.05, 4.69) is 27.4 Å². The molecule has 0 radical (unpaired) electrons. The van der Waals surface area contributed by atoms with Crippen molar-refractivity contribution in [3.05, 3.63) is 12.7 Å². The van der Waals surface area contributed by atoms with E-state index in [1.165, 1.54) is 32.1 Å². The molecule has 0 bridgehead atoms. The van der Waals surface area contributed by atoms with Crippen molar-refractivity contribution in [3.8, 4) is 0 Å². The molecule has 1 rings (SSSR count). The molecule has 0 aromatic heterocycles. The molecule has 0 spiro atoms. The highest BCUT2D eigenvalue weighted by Crippen LogP contribution is 2.37. The number of carbonyl (C=O) groups is 3. The fourth-order valence-electron chi connectivity index (χ4n) is 3.95. The van der Waals surface area contributed by atoms with E-state index >= 15 is 0 Å². The zero-order valence-corrected chi connectivity index (χ0v) is 20.5. The molecule has 1 aliphatic rings. The Morgan fingerprint density at radius 2 is 1.53 bits per heavy atom. The van der Waals surface area contributed by atoms with E-state index in [4.69, 9.17) is 14.2 Å². The summed E-state index contributed by atoms with van der Waals surface area (Å²) in [7, 11) is 0. The Morgan fingerprint density at radius 3 is 2.09 bits per heavy atom. The van der Waals surface area contributed by atoms with Crippen molar-refractivity contribution in [2.75, 3.05) is 13.2 Å². The van der Waals surface area contributed by atoms with Crippen LogP contribution in [0.2, 0.25) is 0 Å². The van der Waals surface area contributed by atoms with Gasteiger partial charge in [0.1, 0.15) is 0 Å². The average molecular weight is 453 g/mol. The van der Waals surface area contributed by atoms with Gasteiger partial charge in [0.05, 0.1) is 19.1 Å². The van der Waals surface area contributed by atoms with Gasteiger partial charge in [-0.05, 0) is 44.4 Å². The van der Waals surface area contributed by atoms with E-state index in [9.17, 15) is 14.4 Å². The van der Waals surface area contributed by atoms with Gasteiger partial charge < -0.3 is 14.2 Å². The van der Waals surface area contributed by atoms with Crippen LogP contribution in [0.25, 0.3) is 0 Å². The summed E-state index contributed by atoms with van der Waals surface area (Å²) >= 11 is 0. The second-order valence-corrected chi connectivity index (χ2v) is 9.35. The highest BCUT2D eigenvalue weighted by atomic mass is 16.6. The molecule has 0 heterocycles. The fraction of sp³-hybridized carbons (Fsp3) is 0.808. The van der Waals surface area contributed by atoms with Crippen LogP contribution in [0.4, 0.5) is 0 Å². The number of unbranched alkanes of at least 4 members (excludes halogenated alkanes) is 7. The highest BCUT2D eigenvalue weighted by Gasteiger charge is 2.48. The van der Waals surface area contributed by atoms with Gasteiger partial charge in [0.2, 0.25) is 5.60 Å². The second-order valence-electron chi connectivity index (χ2n) is 9.35. The summed E-state index contributed by atoms with van der Waals surface area (Å²) < 4.78 is 16.4. The van der Waals surface area contributed by atoms with Gasteiger partial charge in [0.25, 0.3) is 0 Å². The van der Waals surface area contributed by atoms with Crippen molar-refractivity contribution in [2.45, 2.75) is 110 Å². The molecule has 0 aromatic rings. The van der Waals surface area contributed by atoms with Crippen molar-refractivity contribution < 1.29 is 28.6 Å². The maximum Gasteiger partial charge on any atom is 0.350 e. The van der Waals surface area contributed by atoms with E-state index < -0.39 is 17.5 Å². The molecule has 0 atom stereocenters. The smallest absolute Gasteiger partial charge is 0.350 e. The van der Waals surface area contributed by atoms with Crippen molar-refractivity contribution >= 4 is 17.9 Å². The van der Waals surface area contributed by atoms with Crippen molar-refractivity contribution in [3.63, 3.8) is 0 Å². The number of ether oxygens (including phenoxy) is 3. The number of hydrogen-bond donors (Lipinski definition) is 0. The van der Waals surface area contributed by atoms with Gasteiger partial charge in [-0.2, -0.15) is 0 Å². The number of esters is 3. The maximum absolute atomic E-state index is 12.9. The zero-order chi connectivity index (χ0) is 23.8. The predicted molar refractivity (Wildman–Crippen MR) is 125 cm³/mol. The molecule has 6 nitrogen and oxygen atoms in total. The van der Waals surface area contributed by atoms with E-state index in [0.717, 1.165) is 31.8 Å². The van der Waals surface area contributed by atoms with E-state index in [1.54, 1.807) is 0 Å². The number of rotatable bonds is 16. The van der Waals surface area contributed by atoms with Crippen molar-refractivity contribution in [1.82, 2.24) is 0 Å². The van der Waals surface area contributed by atoms with Crippen LogP contribution in [0.1, 0.15) is 104 Å². The normalized spacial score (nSPS) is 20.6. The first-order chi connectivity index (χ1) is 15.3. The lowest BCUT2D eigenvalue weighted by atomic mass is 9.78. The van der Waals surface area contributed by atoms with Gasteiger partial charge >= 0.3 is 17.9 Å². The van der Waals surface area contributed by atoms with Crippen LogP contribution < -0.4 is 0 Å². The first-order valence-corrected chi connectivity index (χ1v) is 12.5. The van der Waals surface area contributed by atoms with Gasteiger partial charge in [-0.3, -0.25) is 4.79 Å². The Morgan fingerprint density at radius 1 is 0.938 bits per heavy atom. The minimum atomic E-state index is -1.33. The lowest BCUT2D eigenvalue weighted by molar-refractivity contribution is -0.186. The molecular weight excluding hydrogens is 408 g/mol. The van der Waals surface area contributed by atoms with Gasteiger partial charge in [-0.15, -0.1) is 0 Å². The van der Waals surface area contributed by atoms with Crippen LogP contribution in [-0.2, 0) is 28.6 Å². The highest BCUT2D eigenvalue weighted by molar-refractivity contribution is 5.88. The molecule has 1 fully saturated rings. The molecule has 32 heavy (non-hydrogen) atoms. The Hall–Kier alpha value is -1.85. The quantitative estimate of drug-likeness (QED) is 0.125. The van der Waals surface area contributed by atoms with Crippen LogP contribution >= 0.6 is 0 Å². The summed E-state index contributed by atoms with van der Waals surface area (Å²) in [6, 6.07) is 0. The van der Waals surface area contributed by atoms with E-state index in [0.29, 0.717) is 32.0 Å². The van der Waals surface area contributed by atoms with Gasteiger partial charge in [-0.1, -0.05) is 72.3 Å². The van der Waals surface area contributed by atoms with Gasteiger partial charge in [0.15, 0.2) is 0 Å². The third-order valence-corrected chi connectivity index (χ3v) is 6.13. The Kier molecular flexibility index (Phi) is 14.0. The summed E-state index contributed by atoms with van der Waals surface area (Å²) in [6.07, 6.45) is 12.5. The maximum atomic E-state index is 12.9. The minimum Gasteiger partial charge on any atom is -0.465 e. The zero-order valence-electron chi connectivity index (χ0n) is 20.5. The van der Waals surface area contributed by atoms with Crippen LogP contribution in [0.3, 0.4) is 0 Å². The monoisotopic (exact) mass is 452 g/mol. The SMILES string of the molecule is C=CC(=O)OC1(C(=O)OCCCCCCCCCC)CCC(C(=O)OCCC(C)C)CC1. The largest absolute Gasteiger partial charge is 0.465 e. The lowest BCUT2D eigenvalue weighted by Gasteiger charge is -2.36. The summed E-state index contributed by atoms with van der Waals surface area (Å²) in [5.41, 5.74) is -1.33. The van der Waals surface area contributed by atoms with Crippen LogP contribution in [0.15, 0.2) is 12.7 Å². The van der Waals surface area contributed by atoms with Crippen LogP contribution in [0.5, 0.6) is 0 Å². The first-order valence-electron chi connectivity index (χ1n) is 12.5. The summed E-state index contributed by atoms with van der Waals surface area (Å²) in [5, 5.41) is 0. The van der Waals surface area contributed by atoms with E-state index in [-0.39, 0.29) is 24.7 Å². The minimum absolute atomic E-state index is 0.235. The molecule has 184 valence electrons. The molecule has 0 unspecified atom stereocenters. The summed E-state index contributed by atoms with van der Waals surface area (Å²) in [4.78, 5) is 37.1. The van der Waals surface area contributed by atoms with Crippen LogP contribution in [-0.4, -0.2) is 36.7 Å². The molecule has 6 heteroatoms. The van der Waals surface area contributed by atoms with E-state index in [1.807, 2.05) is 0 Å². The third-order valence-electron chi connectivity index (χ3n) is 6.13. The van der Waals surface area contributed by atoms with Crippen LogP contribution in [0, 0.1) is 11.8 Å². The Labute approximate surface area is 194 Å².